The van der Waals surface area contributed by atoms with Gasteiger partial charge in [0.05, 0.1) is 7.11 Å². The molecule has 0 aliphatic rings. The van der Waals surface area contributed by atoms with Crippen LogP contribution in [0, 0.1) is 12.7 Å². The molecule has 0 spiro atoms. The van der Waals surface area contributed by atoms with Crippen LogP contribution in [-0.2, 0) is 4.79 Å². The molecule has 1 aromatic carbocycles. The molecule has 0 heterocycles. The number of halogens is 1. The lowest BCUT2D eigenvalue weighted by molar-refractivity contribution is 0.408. The van der Waals surface area contributed by atoms with Crippen LogP contribution in [0.25, 0.3) is 0 Å². The van der Waals surface area contributed by atoms with Crippen LogP contribution in [-0.4, -0.2) is 13.2 Å². The van der Waals surface area contributed by atoms with E-state index in [4.69, 9.17) is 4.74 Å². The summed E-state index contributed by atoms with van der Waals surface area (Å²) in [5.74, 6) is -0.120. The van der Waals surface area contributed by atoms with Crippen LogP contribution in [0.1, 0.15) is 5.56 Å². The average Bonchev–Trinajstić information content (AvgIpc) is 2.12. The standard InChI is InChI=1S/C9H8FNO2/c1-6-7(10)3-4-8(11-5-12)9(6)13-2/h3-4H,1-2H3. The highest BCUT2D eigenvalue weighted by atomic mass is 19.1. The van der Waals surface area contributed by atoms with Gasteiger partial charge in [0.25, 0.3) is 0 Å². The van der Waals surface area contributed by atoms with E-state index >= 15 is 0 Å². The van der Waals surface area contributed by atoms with Gasteiger partial charge in [0.2, 0.25) is 6.08 Å². The maximum absolute atomic E-state index is 13.0. The lowest BCUT2D eigenvalue weighted by atomic mass is 10.2. The molecule has 0 bridgehead atoms. The summed E-state index contributed by atoms with van der Waals surface area (Å²) < 4.78 is 17.9. The number of nitrogens with zero attached hydrogens (tertiary/aromatic N) is 1. The molecule has 13 heavy (non-hydrogen) atoms. The minimum atomic E-state index is -0.387. The highest BCUT2D eigenvalue weighted by Gasteiger charge is 2.09. The minimum Gasteiger partial charge on any atom is -0.494 e. The SMILES string of the molecule is COc1c(N=C=O)ccc(F)c1C. The van der Waals surface area contributed by atoms with Gasteiger partial charge >= 0.3 is 0 Å². The first-order valence-electron chi connectivity index (χ1n) is 3.61. The Balaban J connectivity index is 3.37. The molecule has 0 N–H and O–H groups in total. The minimum absolute atomic E-state index is 0.267. The smallest absolute Gasteiger partial charge is 0.240 e. The van der Waals surface area contributed by atoms with Crippen LogP contribution in [0.15, 0.2) is 17.1 Å². The Hall–Kier alpha value is -1.67. The summed E-state index contributed by atoms with van der Waals surface area (Å²) in [4.78, 5) is 13.4. The molecule has 0 aromatic heterocycles. The predicted octanol–water partition coefficient (Wildman–Crippen LogP) is 2.11. The highest BCUT2D eigenvalue weighted by molar-refractivity contribution is 5.60. The highest BCUT2D eigenvalue weighted by Crippen LogP contribution is 2.31. The van der Waals surface area contributed by atoms with E-state index in [0.717, 1.165) is 0 Å². The number of carbonyl (C=O) groups excluding carboxylic acids is 1. The lowest BCUT2D eigenvalue weighted by Gasteiger charge is -2.06. The maximum atomic E-state index is 13.0. The van der Waals surface area contributed by atoms with Gasteiger partial charge in [-0.25, -0.2) is 9.18 Å². The molecular formula is C9H8FNO2. The molecule has 1 aromatic rings. The number of hydrogen-bond acceptors (Lipinski definition) is 3. The molecule has 0 unspecified atom stereocenters. The molecule has 4 heteroatoms. The molecule has 0 aliphatic heterocycles. The summed E-state index contributed by atoms with van der Waals surface area (Å²) in [6.07, 6.45) is 1.38. The summed E-state index contributed by atoms with van der Waals surface area (Å²) in [6, 6.07) is 2.60. The first-order chi connectivity index (χ1) is 6.20. The Kier molecular flexibility index (Phi) is 2.77. The van der Waals surface area contributed by atoms with Crippen molar-refractivity contribution >= 4 is 11.8 Å². The van der Waals surface area contributed by atoms with Gasteiger partial charge in [-0.2, -0.15) is 4.99 Å². The fourth-order valence-corrected chi connectivity index (χ4v) is 1.05. The first kappa shape index (κ1) is 9.42. The van der Waals surface area contributed by atoms with E-state index in [2.05, 4.69) is 4.99 Å². The van der Waals surface area contributed by atoms with E-state index in [1.54, 1.807) is 6.92 Å². The van der Waals surface area contributed by atoms with Gasteiger partial charge in [-0.05, 0) is 19.1 Å². The first-order valence-corrected chi connectivity index (χ1v) is 3.61. The van der Waals surface area contributed by atoms with Crippen LogP contribution < -0.4 is 4.74 Å². The number of benzene rings is 1. The van der Waals surface area contributed by atoms with Crippen molar-refractivity contribution < 1.29 is 13.9 Å². The average molecular weight is 181 g/mol. The lowest BCUT2D eigenvalue weighted by Crippen LogP contribution is -1.90. The molecule has 0 amide bonds. The van der Waals surface area contributed by atoms with E-state index in [-0.39, 0.29) is 17.3 Å². The van der Waals surface area contributed by atoms with Crippen molar-refractivity contribution in [2.24, 2.45) is 4.99 Å². The number of hydrogen-bond donors (Lipinski definition) is 0. The molecule has 0 aliphatic carbocycles. The number of ether oxygens (including phenoxy) is 1. The van der Waals surface area contributed by atoms with Crippen LogP contribution in [0.3, 0.4) is 0 Å². The van der Waals surface area contributed by atoms with E-state index in [1.165, 1.54) is 25.3 Å². The predicted molar refractivity (Wildman–Crippen MR) is 45.5 cm³/mol. The third-order valence-electron chi connectivity index (χ3n) is 1.69. The third-order valence-corrected chi connectivity index (χ3v) is 1.69. The van der Waals surface area contributed by atoms with E-state index in [1.807, 2.05) is 0 Å². The van der Waals surface area contributed by atoms with Gasteiger partial charge in [-0.1, -0.05) is 0 Å². The Bertz CT molecular complexity index is 370. The Morgan fingerprint density at radius 1 is 1.54 bits per heavy atom. The second-order valence-corrected chi connectivity index (χ2v) is 2.43. The van der Waals surface area contributed by atoms with E-state index < -0.39 is 0 Å². The van der Waals surface area contributed by atoms with Crippen LogP contribution in [0.5, 0.6) is 5.75 Å². The van der Waals surface area contributed by atoms with Gasteiger partial charge in [-0.15, -0.1) is 0 Å². The quantitative estimate of drug-likeness (QED) is 0.517. The van der Waals surface area contributed by atoms with E-state index in [0.29, 0.717) is 5.56 Å². The molecule has 0 radical (unpaired) electrons. The zero-order valence-electron chi connectivity index (χ0n) is 7.30. The molecule has 0 saturated carbocycles. The number of isocyanates is 1. The van der Waals surface area contributed by atoms with Crippen molar-refractivity contribution in [1.82, 2.24) is 0 Å². The molecule has 0 fully saturated rings. The largest absolute Gasteiger partial charge is 0.494 e. The Morgan fingerprint density at radius 3 is 2.77 bits per heavy atom. The van der Waals surface area contributed by atoms with E-state index in [9.17, 15) is 9.18 Å². The Morgan fingerprint density at radius 2 is 2.23 bits per heavy atom. The van der Waals surface area contributed by atoms with Crippen molar-refractivity contribution in [3.63, 3.8) is 0 Å². The fourth-order valence-electron chi connectivity index (χ4n) is 1.05. The monoisotopic (exact) mass is 181 g/mol. The normalized spacial score (nSPS) is 9.15. The number of aliphatic imine (C=N–C) groups is 1. The van der Waals surface area contributed by atoms with Gasteiger partial charge < -0.3 is 4.74 Å². The van der Waals surface area contributed by atoms with Gasteiger partial charge in [-0.3, -0.25) is 0 Å². The zero-order valence-corrected chi connectivity index (χ0v) is 7.30. The summed E-state index contributed by atoms with van der Waals surface area (Å²) in [5.41, 5.74) is 0.621. The second-order valence-electron chi connectivity index (χ2n) is 2.43. The zero-order chi connectivity index (χ0) is 9.84. The summed E-state index contributed by atoms with van der Waals surface area (Å²) in [6.45, 7) is 1.55. The van der Waals surface area contributed by atoms with Crippen molar-refractivity contribution in [1.29, 1.82) is 0 Å². The van der Waals surface area contributed by atoms with Crippen molar-refractivity contribution in [2.75, 3.05) is 7.11 Å². The second kappa shape index (κ2) is 3.83. The van der Waals surface area contributed by atoms with Crippen molar-refractivity contribution in [3.05, 3.63) is 23.5 Å². The van der Waals surface area contributed by atoms with Crippen LogP contribution in [0.4, 0.5) is 10.1 Å². The summed E-state index contributed by atoms with van der Waals surface area (Å²) >= 11 is 0. The van der Waals surface area contributed by atoms with Crippen LogP contribution in [0.2, 0.25) is 0 Å². The van der Waals surface area contributed by atoms with Crippen molar-refractivity contribution in [2.45, 2.75) is 6.92 Å². The molecular weight excluding hydrogens is 173 g/mol. The van der Waals surface area contributed by atoms with Crippen LogP contribution >= 0.6 is 0 Å². The van der Waals surface area contributed by atoms with Gasteiger partial charge in [0, 0.05) is 5.56 Å². The molecule has 1 rings (SSSR count). The summed E-state index contributed by atoms with van der Waals surface area (Å²) in [7, 11) is 1.39. The molecule has 68 valence electrons. The molecule has 0 saturated heterocycles. The molecule has 3 nitrogen and oxygen atoms in total. The topological polar surface area (TPSA) is 38.7 Å². The fraction of sp³-hybridized carbons (Fsp3) is 0.222. The third kappa shape index (κ3) is 1.73. The van der Waals surface area contributed by atoms with Crippen molar-refractivity contribution in [3.8, 4) is 5.75 Å². The molecule has 0 atom stereocenters. The number of rotatable bonds is 2. The summed E-state index contributed by atoms with van der Waals surface area (Å²) in [5, 5.41) is 0. The van der Waals surface area contributed by atoms with Gasteiger partial charge in [0.15, 0.2) is 5.75 Å². The number of methoxy groups -OCH3 is 1. The van der Waals surface area contributed by atoms with Gasteiger partial charge in [0.1, 0.15) is 11.5 Å². The Labute approximate surface area is 74.9 Å². The maximum Gasteiger partial charge on any atom is 0.240 e.